The van der Waals surface area contributed by atoms with Crippen molar-refractivity contribution in [2.75, 3.05) is 0 Å². The van der Waals surface area contributed by atoms with Gasteiger partial charge >= 0.3 is 0 Å². The van der Waals surface area contributed by atoms with Crippen LogP contribution in [0.4, 0.5) is 4.39 Å². The van der Waals surface area contributed by atoms with E-state index in [1.54, 1.807) is 16.8 Å². The number of hydrogen-bond acceptors (Lipinski definition) is 3. The highest BCUT2D eigenvalue weighted by Crippen LogP contribution is 2.17. The molecule has 0 atom stereocenters. The van der Waals surface area contributed by atoms with E-state index in [9.17, 15) is 4.39 Å². The number of benzene rings is 1. The summed E-state index contributed by atoms with van der Waals surface area (Å²) in [6, 6.07) is 4.67. The van der Waals surface area contributed by atoms with Gasteiger partial charge in [-0.1, -0.05) is 17.7 Å². The van der Waals surface area contributed by atoms with E-state index in [0.717, 1.165) is 11.4 Å². The van der Waals surface area contributed by atoms with E-state index in [0.29, 0.717) is 13.1 Å². The molecule has 2 aromatic rings. The largest absolute Gasteiger partial charge is 0.305 e. The molecule has 1 aromatic heterocycles. The van der Waals surface area contributed by atoms with Gasteiger partial charge in [0.05, 0.1) is 18.1 Å². The van der Waals surface area contributed by atoms with Crippen LogP contribution in [-0.2, 0) is 13.1 Å². The Labute approximate surface area is 123 Å². The summed E-state index contributed by atoms with van der Waals surface area (Å²) in [7, 11) is 0. The van der Waals surface area contributed by atoms with Gasteiger partial charge in [0.1, 0.15) is 18.0 Å². The maximum atomic E-state index is 13.1. The van der Waals surface area contributed by atoms with Crippen molar-refractivity contribution in [2.45, 2.75) is 39.4 Å². The highest BCUT2D eigenvalue weighted by Gasteiger charge is 2.12. The Morgan fingerprint density at radius 2 is 2.10 bits per heavy atom. The molecule has 0 amide bonds. The van der Waals surface area contributed by atoms with Crippen molar-refractivity contribution in [2.24, 2.45) is 0 Å². The van der Waals surface area contributed by atoms with E-state index >= 15 is 0 Å². The maximum Gasteiger partial charge on any atom is 0.141 e. The van der Waals surface area contributed by atoms with Crippen LogP contribution in [0, 0.1) is 5.82 Å². The Hall–Kier alpha value is -1.46. The summed E-state index contributed by atoms with van der Waals surface area (Å²) in [5.41, 5.74) is 0.898. The molecule has 108 valence electrons. The minimum Gasteiger partial charge on any atom is -0.305 e. The van der Waals surface area contributed by atoms with Crippen LogP contribution in [-0.4, -0.2) is 20.3 Å². The number of nitrogens with one attached hydrogen (secondary N) is 1. The fourth-order valence-corrected chi connectivity index (χ4v) is 1.92. The van der Waals surface area contributed by atoms with Crippen molar-refractivity contribution in [1.82, 2.24) is 20.1 Å². The van der Waals surface area contributed by atoms with Crippen LogP contribution in [0.1, 0.15) is 32.2 Å². The van der Waals surface area contributed by atoms with Crippen LogP contribution in [0.5, 0.6) is 0 Å². The summed E-state index contributed by atoms with van der Waals surface area (Å²) in [6.45, 7) is 7.41. The third-order valence-electron chi connectivity index (χ3n) is 2.79. The van der Waals surface area contributed by atoms with Gasteiger partial charge < -0.3 is 5.32 Å². The van der Waals surface area contributed by atoms with E-state index in [-0.39, 0.29) is 10.6 Å². The van der Waals surface area contributed by atoms with Gasteiger partial charge in [0.25, 0.3) is 0 Å². The second-order valence-corrected chi connectivity index (χ2v) is 6.09. The van der Waals surface area contributed by atoms with Gasteiger partial charge in [0.2, 0.25) is 0 Å². The first-order valence-electron chi connectivity index (χ1n) is 6.41. The van der Waals surface area contributed by atoms with Crippen LogP contribution in [0.3, 0.4) is 0 Å². The minimum absolute atomic E-state index is 0.00988. The molecule has 1 N–H and O–H groups in total. The molecule has 0 bridgehead atoms. The van der Waals surface area contributed by atoms with Crippen molar-refractivity contribution in [3.05, 3.63) is 46.8 Å². The molecule has 0 aliphatic carbocycles. The van der Waals surface area contributed by atoms with Crippen molar-refractivity contribution in [3.8, 4) is 0 Å². The third-order valence-corrected chi connectivity index (χ3v) is 3.08. The Morgan fingerprint density at radius 3 is 2.75 bits per heavy atom. The lowest BCUT2D eigenvalue weighted by Gasteiger charge is -2.20. The monoisotopic (exact) mass is 296 g/mol. The lowest BCUT2D eigenvalue weighted by molar-refractivity contribution is 0.410. The van der Waals surface area contributed by atoms with Crippen molar-refractivity contribution >= 4 is 11.6 Å². The molecule has 0 spiro atoms. The maximum absolute atomic E-state index is 13.1. The van der Waals surface area contributed by atoms with Crippen LogP contribution in [0.15, 0.2) is 24.5 Å². The van der Waals surface area contributed by atoms with Crippen LogP contribution in [0.25, 0.3) is 0 Å². The number of hydrogen-bond donors (Lipinski definition) is 1. The summed E-state index contributed by atoms with van der Waals surface area (Å²) in [4.78, 5) is 4.24. The molecule has 20 heavy (non-hydrogen) atoms. The van der Waals surface area contributed by atoms with Crippen molar-refractivity contribution < 1.29 is 4.39 Å². The zero-order chi connectivity index (χ0) is 14.8. The van der Waals surface area contributed by atoms with Gasteiger partial charge in [-0.15, -0.1) is 0 Å². The lowest BCUT2D eigenvalue weighted by atomic mass is 10.1. The molecule has 0 radical (unpaired) electrons. The molecule has 0 unspecified atom stereocenters. The van der Waals surface area contributed by atoms with Crippen LogP contribution >= 0.6 is 11.6 Å². The normalized spacial score (nSPS) is 11.8. The summed E-state index contributed by atoms with van der Waals surface area (Å²) in [6.07, 6.45) is 1.52. The summed E-state index contributed by atoms with van der Waals surface area (Å²) in [5, 5.41) is 7.68. The fraction of sp³-hybridized carbons (Fsp3) is 0.429. The quantitative estimate of drug-likeness (QED) is 0.943. The molecule has 0 fully saturated rings. The SMILES string of the molecule is CC(C)(C)NCc1ncnn1Cc1ccc(F)c(Cl)c1. The van der Waals surface area contributed by atoms with Gasteiger partial charge in [-0.25, -0.2) is 14.1 Å². The molecule has 4 nitrogen and oxygen atoms in total. The van der Waals surface area contributed by atoms with E-state index in [2.05, 4.69) is 36.2 Å². The zero-order valence-corrected chi connectivity index (χ0v) is 12.6. The van der Waals surface area contributed by atoms with E-state index in [1.807, 2.05) is 0 Å². The molecule has 6 heteroatoms. The zero-order valence-electron chi connectivity index (χ0n) is 11.8. The molecule has 0 aliphatic rings. The average Bonchev–Trinajstić information content (AvgIpc) is 2.78. The Kier molecular flexibility index (Phi) is 4.40. The Bertz CT molecular complexity index is 589. The molecule has 1 aromatic carbocycles. The summed E-state index contributed by atoms with van der Waals surface area (Å²) in [5.74, 6) is 0.420. The molecule has 2 rings (SSSR count). The topological polar surface area (TPSA) is 42.7 Å². The highest BCUT2D eigenvalue weighted by molar-refractivity contribution is 6.30. The highest BCUT2D eigenvalue weighted by atomic mass is 35.5. The number of aromatic nitrogens is 3. The first kappa shape index (κ1) is 14.9. The first-order valence-corrected chi connectivity index (χ1v) is 6.78. The van der Waals surface area contributed by atoms with Gasteiger partial charge in [-0.2, -0.15) is 5.10 Å². The van der Waals surface area contributed by atoms with E-state index in [1.165, 1.54) is 12.4 Å². The smallest absolute Gasteiger partial charge is 0.141 e. The third kappa shape index (κ3) is 4.02. The standard InChI is InChI=1S/C14H18ClFN4/c1-14(2,3)18-7-13-17-9-19-20(13)8-10-4-5-12(16)11(15)6-10/h4-6,9,18H,7-8H2,1-3H3. The van der Waals surface area contributed by atoms with Gasteiger partial charge in [-0.3, -0.25) is 0 Å². The predicted molar refractivity (Wildman–Crippen MR) is 77.1 cm³/mol. The average molecular weight is 297 g/mol. The lowest BCUT2D eigenvalue weighted by Crippen LogP contribution is -2.36. The van der Waals surface area contributed by atoms with Crippen molar-refractivity contribution in [1.29, 1.82) is 0 Å². The predicted octanol–water partition coefficient (Wildman–Crippen LogP) is 3.01. The first-order chi connectivity index (χ1) is 9.35. The van der Waals surface area contributed by atoms with Gasteiger partial charge in [0.15, 0.2) is 0 Å². The van der Waals surface area contributed by atoms with E-state index < -0.39 is 5.82 Å². The Balaban J connectivity index is 2.10. The summed E-state index contributed by atoms with van der Waals surface area (Å²) >= 11 is 5.78. The second-order valence-electron chi connectivity index (χ2n) is 5.69. The summed E-state index contributed by atoms with van der Waals surface area (Å²) < 4.78 is 14.9. The second kappa shape index (κ2) is 5.89. The number of rotatable bonds is 4. The van der Waals surface area contributed by atoms with Crippen molar-refractivity contribution in [3.63, 3.8) is 0 Å². The molecule has 0 aliphatic heterocycles. The minimum atomic E-state index is -0.413. The molecule has 0 saturated carbocycles. The molecular weight excluding hydrogens is 279 g/mol. The van der Waals surface area contributed by atoms with E-state index in [4.69, 9.17) is 11.6 Å². The molecular formula is C14H18ClFN4. The van der Waals surface area contributed by atoms with Gasteiger partial charge in [0, 0.05) is 5.54 Å². The number of halogens is 2. The molecule has 1 heterocycles. The fourth-order valence-electron chi connectivity index (χ4n) is 1.71. The van der Waals surface area contributed by atoms with Crippen LogP contribution in [0.2, 0.25) is 5.02 Å². The number of nitrogens with zero attached hydrogens (tertiary/aromatic N) is 3. The van der Waals surface area contributed by atoms with Crippen LogP contribution < -0.4 is 5.32 Å². The van der Waals surface area contributed by atoms with Gasteiger partial charge in [-0.05, 0) is 38.5 Å². The Morgan fingerprint density at radius 1 is 1.35 bits per heavy atom. The molecule has 0 saturated heterocycles.